The minimum Gasteiger partial charge on any atom is -0.382 e. The van der Waals surface area contributed by atoms with Crippen molar-refractivity contribution in [3.8, 4) is 0 Å². The molecule has 0 radical (unpaired) electrons. The number of fused-ring (bicyclic) bond motifs is 2. The van der Waals surface area contributed by atoms with E-state index in [4.69, 9.17) is 0 Å². The molecular formula is C17H18N4O4. The third-order valence-electron chi connectivity index (χ3n) is 3.77. The first-order chi connectivity index (χ1) is 11.9. The molecule has 0 amide bonds. The number of hydrogen-bond acceptors (Lipinski definition) is 7. The van der Waals surface area contributed by atoms with Crippen LogP contribution in [0.2, 0.25) is 0 Å². The van der Waals surface area contributed by atoms with Gasteiger partial charge in [0.1, 0.15) is 5.39 Å². The normalized spacial score (nSPS) is 11.8. The van der Waals surface area contributed by atoms with E-state index in [1.807, 2.05) is 24.3 Å². The average molecular weight is 342 g/mol. The molecule has 25 heavy (non-hydrogen) atoms. The second-order valence-corrected chi connectivity index (χ2v) is 5.81. The van der Waals surface area contributed by atoms with Gasteiger partial charge in [-0.05, 0) is 12.1 Å². The number of hydrogen-bond donors (Lipinski definition) is 4. The van der Waals surface area contributed by atoms with Crippen molar-refractivity contribution in [1.82, 2.24) is 10.3 Å². The highest BCUT2D eigenvalue weighted by Crippen LogP contribution is 2.36. The number of anilines is 1. The predicted octanol–water partition coefficient (Wildman–Crippen LogP) is 1.96. The van der Waals surface area contributed by atoms with E-state index in [1.54, 1.807) is 12.1 Å². The number of aliphatic hydroxyl groups is 2. The van der Waals surface area contributed by atoms with Gasteiger partial charge in [-0.25, -0.2) is 4.98 Å². The van der Waals surface area contributed by atoms with Crippen LogP contribution in [0.15, 0.2) is 42.5 Å². The smallest absolute Gasteiger partial charge is 0.280 e. The second kappa shape index (κ2) is 6.60. The number of para-hydroxylation sites is 1. The Balaban J connectivity index is 2.09. The van der Waals surface area contributed by atoms with E-state index in [-0.39, 0.29) is 12.2 Å². The molecule has 0 fully saturated rings. The SMILES string of the molecule is CC(O)(O)NCCNc1c2ccccc2nc2cccc([N+](=O)[O-])c12. The Morgan fingerprint density at radius 2 is 1.84 bits per heavy atom. The largest absolute Gasteiger partial charge is 0.382 e. The maximum atomic E-state index is 11.4. The van der Waals surface area contributed by atoms with Crippen LogP contribution in [0.3, 0.4) is 0 Å². The molecule has 0 spiro atoms. The minimum absolute atomic E-state index is 0.0274. The van der Waals surface area contributed by atoms with Crippen LogP contribution in [-0.2, 0) is 0 Å². The lowest BCUT2D eigenvalue weighted by Gasteiger charge is -2.18. The molecule has 1 heterocycles. The highest BCUT2D eigenvalue weighted by Gasteiger charge is 2.19. The van der Waals surface area contributed by atoms with Gasteiger partial charge in [-0.2, -0.15) is 0 Å². The number of benzene rings is 2. The molecule has 8 heteroatoms. The number of nitro groups is 1. The van der Waals surface area contributed by atoms with Crippen molar-refractivity contribution in [1.29, 1.82) is 0 Å². The molecule has 0 saturated heterocycles. The van der Waals surface area contributed by atoms with Crippen LogP contribution in [0.1, 0.15) is 6.92 Å². The predicted molar refractivity (Wildman–Crippen MR) is 95.2 cm³/mol. The van der Waals surface area contributed by atoms with Crippen molar-refractivity contribution in [3.63, 3.8) is 0 Å². The van der Waals surface area contributed by atoms with Crippen LogP contribution < -0.4 is 10.6 Å². The fourth-order valence-corrected chi connectivity index (χ4v) is 2.75. The van der Waals surface area contributed by atoms with Gasteiger partial charge in [0.05, 0.1) is 21.6 Å². The summed E-state index contributed by atoms with van der Waals surface area (Å²) in [6.07, 6.45) is 0. The molecule has 0 aliphatic carbocycles. The molecule has 3 rings (SSSR count). The fourth-order valence-electron chi connectivity index (χ4n) is 2.75. The summed E-state index contributed by atoms with van der Waals surface area (Å²) in [6, 6.07) is 12.2. The Morgan fingerprint density at radius 1 is 1.12 bits per heavy atom. The quantitative estimate of drug-likeness (QED) is 0.178. The van der Waals surface area contributed by atoms with Gasteiger partial charge in [-0.3, -0.25) is 15.4 Å². The summed E-state index contributed by atoms with van der Waals surface area (Å²) < 4.78 is 0. The average Bonchev–Trinajstić information content (AvgIpc) is 2.56. The van der Waals surface area contributed by atoms with Gasteiger partial charge in [0.2, 0.25) is 5.91 Å². The van der Waals surface area contributed by atoms with Crippen LogP contribution in [-0.4, -0.2) is 39.1 Å². The highest BCUT2D eigenvalue weighted by atomic mass is 16.6. The number of nitrogens with zero attached hydrogens (tertiary/aromatic N) is 2. The number of aromatic nitrogens is 1. The molecular weight excluding hydrogens is 324 g/mol. The van der Waals surface area contributed by atoms with Gasteiger partial charge in [0, 0.05) is 31.5 Å². The molecule has 0 aliphatic rings. The molecule has 3 aromatic rings. The van der Waals surface area contributed by atoms with Crippen molar-refractivity contribution < 1.29 is 15.1 Å². The molecule has 130 valence electrons. The molecule has 8 nitrogen and oxygen atoms in total. The van der Waals surface area contributed by atoms with Gasteiger partial charge in [0.15, 0.2) is 0 Å². The Hall–Kier alpha value is -2.81. The molecule has 4 N–H and O–H groups in total. The van der Waals surface area contributed by atoms with Crippen LogP contribution in [0.4, 0.5) is 11.4 Å². The van der Waals surface area contributed by atoms with E-state index in [2.05, 4.69) is 15.6 Å². The van der Waals surface area contributed by atoms with E-state index in [1.165, 1.54) is 13.0 Å². The Labute approximate surface area is 143 Å². The van der Waals surface area contributed by atoms with Crippen molar-refractivity contribution in [2.24, 2.45) is 0 Å². The zero-order valence-electron chi connectivity index (χ0n) is 13.6. The van der Waals surface area contributed by atoms with E-state index in [0.29, 0.717) is 23.1 Å². The van der Waals surface area contributed by atoms with Gasteiger partial charge < -0.3 is 15.5 Å². The standard InChI is InChI=1S/C17H18N4O4/c1-17(22,23)19-10-9-18-16-11-5-2-3-6-12(11)20-13-7-4-8-14(15(13)16)21(24)25/h2-8,19,22-23H,9-10H2,1H3,(H,18,20). The third kappa shape index (κ3) is 3.66. The summed E-state index contributed by atoms with van der Waals surface area (Å²) in [5, 5.41) is 36.9. The molecule has 0 atom stereocenters. The maximum absolute atomic E-state index is 11.4. The summed E-state index contributed by atoms with van der Waals surface area (Å²) in [6.45, 7) is 1.81. The Bertz CT molecular complexity index is 937. The maximum Gasteiger partial charge on any atom is 0.280 e. The first-order valence-electron chi connectivity index (χ1n) is 7.76. The molecule has 0 bridgehead atoms. The van der Waals surface area contributed by atoms with Gasteiger partial charge in [0.25, 0.3) is 5.69 Å². The van der Waals surface area contributed by atoms with Gasteiger partial charge >= 0.3 is 0 Å². The van der Waals surface area contributed by atoms with Crippen molar-refractivity contribution in [2.45, 2.75) is 12.8 Å². The number of non-ortho nitro benzene ring substituents is 1. The topological polar surface area (TPSA) is 121 Å². The van der Waals surface area contributed by atoms with Crippen molar-refractivity contribution in [2.75, 3.05) is 18.4 Å². The molecule has 2 aromatic carbocycles. The summed E-state index contributed by atoms with van der Waals surface area (Å²) in [7, 11) is 0. The number of nitro benzene ring substituents is 1. The number of pyridine rings is 1. The summed E-state index contributed by atoms with van der Waals surface area (Å²) in [5.74, 6) is -1.98. The van der Waals surface area contributed by atoms with Crippen LogP contribution in [0.25, 0.3) is 21.8 Å². The van der Waals surface area contributed by atoms with Gasteiger partial charge in [-0.1, -0.05) is 24.3 Å². The number of nitrogens with one attached hydrogen (secondary N) is 2. The van der Waals surface area contributed by atoms with E-state index < -0.39 is 10.8 Å². The lowest BCUT2D eigenvalue weighted by molar-refractivity contribution is -0.383. The minimum atomic E-state index is -1.98. The second-order valence-electron chi connectivity index (χ2n) is 5.81. The lowest BCUT2D eigenvalue weighted by atomic mass is 10.1. The summed E-state index contributed by atoms with van der Waals surface area (Å²) in [5.41, 5.74) is 1.82. The van der Waals surface area contributed by atoms with Crippen LogP contribution in [0.5, 0.6) is 0 Å². The molecule has 0 aliphatic heterocycles. The van der Waals surface area contributed by atoms with E-state index >= 15 is 0 Å². The summed E-state index contributed by atoms with van der Waals surface area (Å²) in [4.78, 5) is 15.5. The van der Waals surface area contributed by atoms with E-state index in [0.717, 1.165) is 10.9 Å². The molecule has 0 unspecified atom stereocenters. The fraction of sp³-hybridized carbons (Fsp3) is 0.235. The van der Waals surface area contributed by atoms with Gasteiger partial charge in [-0.15, -0.1) is 0 Å². The van der Waals surface area contributed by atoms with E-state index in [9.17, 15) is 20.3 Å². The molecule has 1 aromatic heterocycles. The third-order valence-corrected chi connectivity index (χ3v) is 3.77. The highest BCUT2D eigenvalue weighted by molar-refractivity contribution is 6.11. The van der Waals surface area contributed by atoms with Crippen LogP contribution >= 0.6 is 0 Å². The van der Waals surface area contributed by atoms with Crippen LogP contribution in [0, 0.1) is 10.1 Å². The number of rotatable bonds is 6. The van der Waals surface area contributed by atoms with Crippen molar-refractivity contribution >= 4 is 33.2 Å². The monoisotopic (exact) mass is 342 g/mol. The lowest BCUT2D eigenvalue weighted by Crippen LogP contribution is -2.43. The zero-order valence-corrected chi connectivity index (χ0v) is 13.6. The Kier molecular flexibility index (Phi) is 4.49. The molecule has 0 saturated carbocycles. The Morgan fingerprint density at radius 3 is 2.56 bits per heavy atom. The summed E-state index contributed by atoms with van der Waals surface area (Å²) >= 11 is 0. The van der Waals surface area contributed by atoms with Crippen molar-refractivity contribution in [3.05, 3.63) is 52.6 Å². The first-order valence-corrected chi connectivity index (χ1v) is 7.76. The zero-order chi connectivity index (χ0) is 18.0. The first kappa shape index (κ1) is 17.0.